The summed E-state index contributed by atoms with van der Waals surface area (Å²) in [5.74, 6) is 0.851. The number of nitrogens with zero attached hydrogens (tertiary/aromatic N) is 4. The maximum Gasteiger partial charge on any atom is 0.0793 e. The summed E-state index contributed by atoms with van der Waals surface area (Å²) in [5.41, 5.74) is 1.22. The van der Waals surface area contributed by atoms with Gasteiger partial charge in [-0.2, -0.15) is 5.10 Å². The second-order valence-electron chi connectivity index (χ2n) is 7.67. The summed E-state index contributed by atoms with van der Waals surface area (Å²) in [5, 5.41) is 14.9. The van der Waals surface area contributed by atoms with Crippen LogP contribution in [0.5, 0.6) is 0 Å². The molecule has 0 radical (unpaired) electrons. The molecule has 1 aromatic rings. The van der Waals surface area contributed by atoms with E-state index in [2.05, 4.69) is 39.6 Å². The van der Waals surface area contributed by atoms with Crippen LogP contribution >= 0.6 is 0 Å². The Morgan fingerprint density at radius 3 is 2.70 bits per heavy atom. The van der Waals surface area contributed by atoms with Gasteiger partial charge in [0.15, 0.2) is 0 Å². The third-order valence-electron chi connectivity index (χ3n) is 5.45. The molecule has 0 aliphatic carbocycles. The zero-order valence-electron chi connectivity index (χ0n) is 14.7. The molecule has 0 saturated carbocycles. The fraction of sp³-hybridized carbons (Fsp3) is 0.833. The van der Waals surface area contributed by atoms with E-state index in [9.17, 15) is 5.11 Å². The predicted octanol–water partition coefficient (Wildman–Crippen LogP) is 1.75. The quantitative estimate of drug-likeness (QED) is 0.867. The molecule has 2 fully saturated rings. The third-order valence-corrected chi connectivity index (χ3v) is 5.45. The van der Waals surface area contributed by atoms with E-state index in [1.54, 1.807) is 0 Å². The predicted molar refractivity (Wildman–Crippen MR) is 92.4 cm³/mol. The number of aryl methyl sites for hydroxylation is 1. The summed E-state index contributed by atoms with van der Waals surface area (Å²) in [4.78, 5) is 4.90. The normalized spacial score (nSPS) is 26.0. The van der Waals surface area contributed by atoms with E-state index >= 15 is 0 Å². The second kappa shape index (κ2) is 7.77. The first-order valence-corrected chi connectivity index (χ1v) is 9.23. The summed E-state index contributed by atoms with van der Waals surface area (Å²) in [7, 11) is 0. The summed E-state index contributed by atoms with van der Waals surface area (Å²) in [6.45, 7) is 10.4. The smallest absolute Gasteiger partial charge is 0.0793 e. The molecule has 5 heteroatoms. The van der Waals surface area contributed by atoms with Crippen molar-refractivity contribution in [2.24, 2.45) is 5.92 Å². The summed E-state index contributed by atoms with van der Waals surface area (Å²) in [6, 6.07) is 0.519. The lowest BCUT2D eigenvalue weighted by molar-refractivity contribution is 0.0553. The van der Waals surface area contributed by atoms with Crippen LogP contribution in [0.2, 0.25) is 0 Å². The van der Waals surface area contributed by atoms with Gasteiger partial charge in [0.05, 0.1) is 18.8 Å². The van der Waals surface area contributed by atoms with Crippen LogP contribution in [0.1, 0.15) is 38.2 Å². The third kappa shape index (κ3) is 4.78. The Morgan fingerprint density at radius 1 is 1.22 bits per heavy atom. The molecule has 130 valence electrons. The summed E-state index contributed by atoms with van der Waals surface area (Å²) in [6.07, 6.45) is 8.80. The molecule has 5 nitrogen and oxygen atoms in total. The molecule has 0 bridgehead atoms. The monoisotopic (exact) mass is 320 g/mol. The van der Waals surface area contributed by atoms with Crippen LogP contribution in [0.4, 0.5) is 0 Å². The number of hydrogen-bond donors (Lipinski definition) is 1. The van der Waals surface area contributed by atoms with Crippen molar-refractivity contribution in [3.05, 3.63) is 18.0 Å². The highest BCUT2D eigenvalue weighted by atomic mass is 16.3. The molecule has 0 aromatic carbocycles. The molecule has 2 aliphatic heterocycles. The minimum Gasteiger partial charge on any atom is -0.390 e. The van der Waals surface area contributed by atoms with Crippen molar-refractivity contribution >= 4 is 0 Å². The average molecular weight is 320 g/mol. The SMILES string of the molecule is Cc1cnn(CC2CCCN2CC(O)CN2CCC(C)CC2)c1. The number of hydrogen-bond acceptors (Lipinski definition) is 4. The number of aliphatic hydroxyl groups excluding tert-OH is 1. The fourth-order valence-corrected chi connectivity index (χ4v) is 4.00. The molecule has 2 aliphatic rings. The van der Waals surface area contributed by atoms with Crippen LogP contribution < -0.4 is 0 Å². The lowest BCUT2D eigenvalue weighted by Gasteiger charge is -2.33. The van der Waals surface area contributed by atoms with Gasteiger partial charge in [-0.05, 0) is 63.7 Å². The van der Waals surface area contributed by atoms with Crippen molar-refractivity contribution in [2.45, 2.75) is 58.2 Å². The van der Waals surface area contributed by atoms with Crippen molar-refractivity contribution < 1.29 is 5.11 Å². The van der Waals surface area contributed by atoms with E-state index in [1.807, 2.05) is 6.20 Å². The van der Waals surface area contributed by atoms with E-state index in [1.165, 1.54) is 31.2 Å². The Labute approximate surface area is 140 Å². The van der Waals surface area contributed by atoms with Gasteiger partial charge in [-0.3, -0.25) is 9.58 Å². The van der Waals surface area contributed by atoms with Gasteiger partial charge in [0.25, 0.3) is 0 Å². The van der Waals surface area contributed by atoms with E-state index in [0.29, 0.717) is 6.04 Å². The molecule has 3 heterocycles. The highest BCUT2D eigenvalue weighted by Gasteiger charge is 2.27. The fourth-order valence-electron chi connectivity index (χ4n) is 4.00. The average Bonchev–Trinajstić information content (AvgIpc) is 3.11. The first kappa shape index (κ1) is 16.9. The van der Waals surface area contributed by atoms with Crippen LogP contribution in [0.25, 0.3) is 0 Å². The van der Waals surface area contributed by atoms with Crippen LogP contribution in [0.3, 0.4) is 0 Å². The highest BCUT2D eigenvalue weighted by Crippen LogP contribution is 2.20. The number of rotatable bonds is 6. The van der Waals surface area contributed by atoms with Crippen LogP contribution in [0.15, 0.2) is 12.4 Å². The van der Waals surface area contributed by atoms with E-state index in [-0.39, 0.29) is 6.10 Å². The molecular formula is C18H32N4O. The van der Waals surface area contributed by atoms with Gasteiger partial charge in [0.1, 0.15) is 0 Å². The topological polar surface area (TPSA) is 44.5 Å². The first-order chi connectivity index (χ1) is 11.1. The van der Waals surface area contributed by atoms with Crippen molar-refractivity contribution in [1.82, 2.24) is 19.6 Å². The molecule has 0 spiro atoms. The molecule has 2 atom stereocenters. The summed E-state index contributed by atoms with van der Waals surface area (Å²) >= 11 is 0. The highest BCUT2D eigenvalue weighted by molar-refractivity contribution is 5.00. The first-order valence-electron chi connectivity index (χ1n) is 9.23. The number of β-amino-alcohol motifs (C(OH)–C–C–N with tert-alkyl or cyclic N) is 1. The molecule has 3 rings (SSSR count). The molecular weight excluding hydrogens is 288 g/mol. The molecule has 1 aromatic heterocycles. The van der Waals surface area contributed by atoms with Crippen molar-refractivity contribution in [2.75, 3.05) is 32.7 Å². The van der Waals surface area contributed by atoms with Crippen molar-refractivity contribution in [3.8, 4) is 0 Å². The Bertz CT molecular complexity index is 481. The van der Waals surface area contributed by atoms with Crippen LogP contribution in [-0.4, -0.2) is 69.6 Å². The largest absolute Gasteiger partial charge is 0.390 e. The second-order valence-corrected chi connectivity index (χ2v) is 7.67. The Kier molecular flexibility index (Phi) is 5.72. The summed E-state index contributed by atoms with van der Waals surface area (Å²) < 4.78 is 2.05. The van der Waals surface area contributed by atoms with Crippen molar-refractivity contribution in [3.63, 3.8) is 0 Å². The molecule has 23 heavy (non-hydrogen) atoms. The lowest BCUT2D eigenvalue weighted by atomic mass is 9.99. The standard InChI is InChI=1S/C18H32N4O/c1-15-5-8-20(9-6-15)13-18(23)14-21-7-3-4-17(21)12-22-11-16(2)10-19-22/h10-11,15,17-18,23H,3-9,12-14H2,1-2H3. The maximum absolute atomic E-state index is 10.5. The molecule has 1 N–H and O–H groups in total. The van der Waals surface area contributed by atoms with Crippen LogP contribution in [-0.2, 0) is 6.54 Å². The van der Waals surface area contributed by atoms with E-state index < -0.39 is 0 Å². The number of piperidine rings is 1. The number of aliphatic hydroxyl groups is 1. The van der Waals surface area contributed by atoms with Gasteiger partial charge in [-0.1, -0.05) is 6.92 Å². The van der Waals surface area contributed by atoms with Crippen molar-refractivity contribution in [1.29, 1.82) is 0 Å². The van der Waals surface area contributed by atoms with E-state index in [4.69, 9.17) is 0 Å². The minimum absolute atomic E-state index is 0.233. The van der Waals surface area contributed by atoms with E-state index in [0.717, 1.165) is 45.2 Å². The Morgan fingerprint density at radius 2 is 2.00 bits per heavy atom. The molecule has 0 amide bonds. The number of likely N-dealkylation sites (tertiary alicyclic amines) is 2. The zero-order valence-corrected chi connectivity index (χ0v) is 14.7. The Hall–Kier alpha value is -0.910. The van der Waals surface area contributed by atoms with Gasteiger partial charge in [-0.15, -0.1) is 0 Å². The van der Waals surface area contributed by atoms with Gasteiger partial charge in [-0.25, -0.2) is 0 Å². The maximum atomic E-state index is 10.5. The number of aromatic nitrogens is 2. The van der Waals surface area contributed by atoms with Gasteiger partial charge in [0.2, 0.25) is 0 Å². The Balaban J connectivity index is 1.46. The van der Waals surface area contributed by atoms with Gasteiger partial charge >= 0.3 is 0 Å². The van der Waals surface area contributed by atoms with Gasteiger partial charge in [0, 0.05) is 25.3 Å². The lowest BCUT2D eigenvalue weighted by Crippen LogP contribution is -2.45. The van der Waals surface area contributed by atoms with Gasteiger partial charge < -0.3 is 10.0 Å². The molecule has 2 saturated heterocycles. The zero-order chi connectivity index (χ0) is 16.2. The van der Waals surface area contributed by atoms with Crippen LogP contribution in [0, 0.1) is 12.8 Å². The molecule has 2 unspecified atom stereocenters. The minimum atomic E-state index is -0.233.